The van der Waals surface area contributed by atoms with E-state index < -0.39 is 0 Å². The highest BCUT2D eigenvalue weighted by atomic mass is 32.1. The van der Waals surface area contributed by atoms with Crippen LogP contribution in [0.3, 0.4) is 0 Å². The van der Waals surface area contributed by atoms with Gasteiger partial charge in [-0.15, -0.1) is 11.3 Å². The molecule has 0 aromatic carbocycles. The molecule has 0 radical (unpaired) electrons. The maximum atomic E-state index is 12.3. The molecule has 118 valence electrons. The maximum absolute atomic E-state index is 12.3. The number of hydrogen-bond donors (Lipinski definition) is 1. The first-order valence-electron chi connectivity index (χ1n) is 7.32. The molecule has 1 fully saturated rings. The van der Waals surface area contributed by atoms with Gasteiger partial charge in [0.2, 0.25) is 0 Å². The molecule has 1 aromatic rings. The molecular formula is C15H26N4OS. The van der Waals surface area contributed by atoms with Crippen molar-refractivity contribution in [1.82, 2.24) is 9.80 Å². The predicted octanol–water partition coefficient (Wildman–Crippen LogP) is 1.91. The monoisotopic (exact) mass is 310 g/mol. The van der Waals surface area contributed by atoms with Gasteiger partial charge in [0.15, 0.2) is 0 Å². The average molecular weight is 310 g/mol. The third kappa shape index (κ3) is 3.49. The van der Waals surface area contributed by atoms with Crippen LogP contribution in [-0.4, -0.2) is 64.0 Å². The first-order valence-corrected chi connectivity index (χ1v) is 8.14. The number of anilines is 2. The Morgan fingerprint density at radius 3 is 2.29 bits per heavy atom. The van der Waals surface area contributed by atoms with Crippen LogP contribution >= 0.6 is 11.3 Å². The van der Waals surface area contributed by atoms with Gasteiger partial charge in [-0.2, -0.15) is 0 Å². The molecular weight excluding hydrogens is 284 g/mol. The van der Waals surface area contributed by atoms with E-state index in [-0.39, 0.29) is 5.91 Å². The summed E-state index contributed by atoms with van der Waals surface area (Å²) < 4.78 is 0. The minimum Gasteiger partial charge on any atom is -0.397 e. The number of thiophene rings is 1. The Hall–Kier alpha value is -1.27. The van der Waals surface area contributed by atoms with E-state index in [0.717, 1.165) is 13.1 Å². The number of nitrogen functional groups attached to an aromatic ring is 1. The van der Waals surface area contributed by atoms with Gasteiger partial charge in [0.05, 0.1) is 10.7 Å². The number of carbonyl (C=O) groups excluding carboxylic acids is 1. The molecule has 0 spiro atoms. The van der Waals surface area contributed by atoms with Crippen LogP contribution in [0, 0.1) is 0 Å². The summed E-state index contributed by atoms with van der Waals surface area (Å²) in [7, 11) is 9.77. The van der Waals surface area contributed by atoms with Crippen molar-refractivity contribution >= 4 is 27.9 Å². The SMILES string of the molecule is CN(C)CCN(C)c1sc(C(=O)N(C)C)c(N)c1C1CC1. The summed E-state index contributed by atoms with van der Waals surface area (Å²) in [5, 5.41) is 1.17. The van der Waals surface area contributed by atoms with Crippen LogP contribution in [0.4, 0.5) is 10.7 Å². The number of amides is 1. The molecule has 1 amide bonds. The lowest BCUT2D eigenvalue weighted by Crippen LogP contribution is -2.28. The number of hydrogen-bond acceptors (Lipinski definition) is 5. The summed E-state index contributed by atoms with van der Waals surface area (Å²) in [6, 6.07) is 0. The van der Waals surface area contributed by atoms with Crippen molar-refractivity contribution in [3.63, 3.8) is 0 Å². The number of likely N-dealkylation sites (N-methyl/N-ethyl adjacent to an activating group) is 2. The molecule has 0 saturated heterocycles. The maximum Gasteiger partial charge on any atom is 0.265 e. The van der Waals surface area contributed by atoms with E-state index in [1.807, 2.05) is 0 Å². The minimum absolute atomic E-state index is 0.00617. The molecule has 21 heavy (non-hydrogen) atoms. The number of nitrogens with zero attached hydrogens (tertiary/aromatic N) is 3. The van der Waals surface area contributed by atoms with Crippen LogP contribution in [-0.2, 0) is 0 Å². The molecule has 0 unspecified atom stereocenters. The van der Waals surface area contributed by atoms with Gasteiger partial charge in [-0.05, 0) is 32.9 Å². The first kappa shape index (κ1) is 16.1. The molecule has 0 aliphatic heterocycles. The van der Waals surface area contributed by atoms with Crippen LogP contribution < -0.4 is 10.6 Å². The van der Waals surface area contributed by atoms with Crippen molar-refractivity contribution in [2.75, 3.05) is 59.0 Å². The largest absolute Gasteiger partial charge is 0.397 e. The van der Waals surface area contributed by atoms with Crippen molar-refractivity contribution in [1.29, 1.82) is 0 Å². The normalized spacial score (nSPS) is 14.6. The van der Waals surface area contributed by atoms with Gasteiger partial charge in [0.25, 0.3) is 5.91 Å². The van der Waals surface area contributed by atoms with Crippen molar-refractivity contribution in [3.05, 3.63) is 10.4 Å². The summed E-state index contributed by atoms with van der Waals surface area (Å²) >= 11 is 1.54. The Morgan fingerprint density at radius 2 is 1.81 bits per heavy atom. The highest BCUT2D eigenvalue weighted by Crippen LogP contribution is 2.51. The lowest BCUT2D eigenvalue weighted by Gasteiger charge is -2.21. The van der Waals surface area contributed by atoms with Gasteiger partial charge in [-0.3, -0.25) is 4.79 Å². The summed E-state index contributed by atoms with van der Waals surface area (Å²) in [6.07, 6.45) is 2.37. The Labute approximate surface area is 131 Å². The lowest BCUT2D eigenvalue weighted by atomic mass is 10.1. The topological polar surface area (TPSA) is 52.8 Å². The zero-order chi connectivity index (χ0) is 15.7. The summed E-state index contributed by atoms with van der Waals surface area (Å²) in [5.74, 6) is 0.549. The van der Waals surface area contributed by atoms with E-state index in [0.29, 0.717) is 16.5 Å². The molecule has 2 N–H and O–H groups in total. The van der Waals surface area contributed by atoms with E-state index in [4.69, 9.17) is 5.73 Å². The van der Waals surface area contributed by atoms with Gasteiger partial charge in [-0.25, -0.2) is 0 Å². The zero-order valence-electron chi connectivity index (χ0n) is 13.6. The first-order chi connectivity index (χ1) is 9.82. The molecule has 1 aromatic heterocycles. The van der Waals surface area contributed by atoms with Crippen molar-refractivity contribution < 1.29 is 4.79 Å². The van der Waals surface area contributed by atoms with E-state index in [9.17, 15) is 4.79 Å². The van der Waals surface area contributed by atoms with Gasteiger partial charge in [0.1, 0.15) is 4.88 Å². The molecule has 1 saturated carbocycles. The quantitative estimate of drug-likeness (QED) is 0.872. The van der Waals surface area contributed by atoms with E-state index in [1.165, 1.54) is 23.4 Å². The third-order valence-corrected chi connectivity index (χ3v) is 5.10. The van der Waals surface area contributed by atoms with Crippen LogP contribution in [0.2, 0.25) is 0 Å². The van der Waals surface area contributed by atoms with E-state index in [1.54, 1.807) is 30.3 Å². The fourth-order valence-electron chi connectivity index (χ4n) is 2.31. The smallest absolute Gasteiger partial charge is 0.265 e. The Kier molecular flexibility index (Phi) is 4.78. The number of nitrogens with two attached hydrogens (primary N) is 1. The van der Waals surface area contributed by atoms with Crippen LogP contribution in [0.15, 0.2) is 0 Å². The van der Waals surface area contributed by atoms with Gasteiger partial charge < -0.3 is 20.4 Å². The van der Waals surface area contributed by atoms with Crippen molar-refractivity contribution in [2.24, 2.45) is 0 Å². The van der Waals surface area contributed by atoms with Gasteiger partial charge in [-0.1, -0.05) is 0 Å². The second-order valence-corrected chi connectivity index (χ2v) is 7.26. The van der Waals surface area contributed by atoms with Crippen LogP contribution in [0.25, 0.3) is 0 Å². The van der Waals surface area contributed by atoms with Gasteiger partial charge >= 0.3 is 0 Å². The lowest BCUT2D eigenvalue weighted by molar-refractivity contribution is 0.0833. The van der Waals surface area contributed by atoms with Crippen molar-refractivity contribution in [2.45, 2.75) is 18.8 Å². The second-order valence-electron chi connectivity index (χ2n) is 6.26. The molecule has 6 heteroatoms. The number of rotatable bonds is 6. The highest BCUT2D eigenvalue weighted by Gasteiger charge is 2.34. The Balaban J connectivity index is 2.31. The molecule has 1 heterocycles. The predicted molar refractivity (Wildman–Crippen MR) is 90.5 cm³/mol. The standard InChI is InChI=1S/C15H26N4OS/c1-17(2)8-9-19(5)15-11(10-6-7-10)12(16)13(21-15)14(20)18(3)4/h10H,6-9,16H2,1-5H3. The van der Waals surface area contributed by atoms with Crippen molar-refractivity contribution in [3.8, 4) is 0 Å². The second kappa shape index (κ2) is 6.23. The zero-order valence-corrected chi connectivity index (χ0v) is 14.5. The van der Waals surface area contributed by atoms with Gasteiger partial charge in [0, 0.05) is 39.8 Å². The molecule has 1 aliphatic rings. The summed E-state index contributed by atoms with van der Waals surface area (Å²) in [4.78, 5) is 19.0. The van der Waals surface area contributed by atoms with E-state index in [2.05, 4.69) is 30.9 Å². The summed E-state index contributed by atoms with van der Waals surface area (Å²) in [6.45, 7) is 1.91. The molecule has 1 aliphatic carbocycles. The molecule has 0 bridgehead atoms. The fourth-order valence-corrected chi connectivity index (χ4v) is 3.62. The number of carbonyl (C=O) groups is 1. The fraction of sp³-hybridized carbons (Fsp3) is 0.667. The third-order valence-electron chi connectivity index (χ3n) is 3.78. The highest BCUT2D eigenvalue weighted by molar-refractivity contribution is 7.18. The molecule has 2 rings (SSSR count). The summed E-state index contributed by atoms with van der Waals surface area (Å²) in [5.41, 5.74) is 8.21. The molecule has 0 atom stereocenters. The van der Waals surface area contributed by atoms with Crippen LogP contribution in [0.5, 0.6) is 0 Å². The minimum atomic E-state index is 0.00617. The van der Waals surface area contributed by atoms with Crippen LogP contribution in [0.1, 0.15) is 34.0 Å². The Bertz CT molecular complexity index is 520. The molecule has 5 nitrogen and oxygen atoms in total. The average Bonchev–Trinajstić information content (AvgIpc) is 3.18. The Morgan fingerprint density at radius 1 is 1.19 bits per heavy atom. The van der Waals surface area contributed by atoms with E-state index >= 15 is 0 Å².